The van der Waals surface area contributed by atoms with Gasteiger partial charge in [0.2, 0.25) is 0 Å². The highest BCUT2D eigenvalue weighted by molar-refractivity contribution is 7.99. The van der Waals surface area contributed by atoms with E-state index in [1.807, 2.05) is 11.8 Å². The minimum absolute atomic E-state index is 1.04. The van der Waals surface area contributed by atoms with Crippen LogP contribution >= 0.6 is 23.1 Å². The molecule has 3 heterocycles. The Bertz CT molecular complexity index is 933. The first-order valence-corrected chi connectivity index (χ1v) is 11.3. The number of hydrogen-bond acceptors (Lipinski definition) is 6. The van der Waals surface area contributed by atoms with Crippen LogP contribution in [0.15, 0.2) is 11.4 Å². The van der Waals surface area contributed by atoms with Crippen molar-refractivity contribution in [1.29, 1.82) is 0 Å². The minimum atomic E-state index is 1.04. The summed E-state index contributed by atoms with van der Waals surface area (Å²) in [5.74, 6) is 1.04. The average molecular weight is 387 g/mol. The van der Waals surface area contributed by atoms with Gasteiger partial charge < -0.3 is 4.90 Å². The van der Waals surface area contributed by atoms with Gasteiger partial charge in [0.15, 0.2) is 0 Å². The van der Waals surface area contributed by atoms with E-state index >= 15 is 0 Å². The number of thioether (sulfide) groups is 1. The number of fused-ring (bicyclic) bond motifs is 5. The van der Waals surface area contributed by atoms with Crippen molar-refractivity contribution in [3.05, 3.63) is 23.1 Å². The number of thiophene rings is 1. The zero-order valence-electron chi connectivity index (χ0n) is 15.8. The largest absolute Gasteiger partial charge is 0.309 e. The van der Waals surface area contributed by atoms with E-state index < -0.39 is 0 Å². The Balaban J connectivity index is 1.81. The first kappa shape index (κ1) is 18.1. The van der Waals surface area contributed by atoms with Crippen molar-refractivity contribution in [3.8, 4) is 0 Å². The fourth-order valence-corrected chi connectivity index (χ4v) is 6.10. The Hall–Kier alpha value is -1.24. The molecule has 26 heavy (non-hydrogen) atoms. The molecule has 0 aromatic carbocycles. The molecule has 0 radical (unpaired) electrons. The topological polar surface area (TPSA) is 41.9 Å². The molecule has 0 amide bonds. The Morgan fingerprint density at radius 2 is 2.04 bits per heavy atom. The summed E-state index contributed by atoms with van der Waals surface area (Å²) in [6.45, 7) is 3.31. The maximum atomic E-state index is 5.10. The van der Waals surface area contributed by atoms with Gasteiger partial charge in [0, 0.05) is 23.4 Å². The lowest BCUT2D eigenvalue weighted by Crippen LogP contribution is -2.14. The van der Waals surface area contributed by atoms with Crippen LogP contribution in [0.25, 0.3) is 20.4 Å². The second-order valence-electron chi connectivity index (χ2n) is 7.26. The van der Waals surface area contributed by atoms with E-state index in [0.29, 0.717) is 0 Å². The Labute approximate surface area is 163 Å². The zero-order valence-corrected chi connectivity index (χ0v) is 17.5. The number of aromatic nitrogens is 3. The van der Waals surface area contributed by atoms with E-state index in [1.54, 1.807) is 17.7 Å². The van der Waals surface area contributed by atoms with E-state index in [2.05, 4.69) is 35.9 Å². The lowest BCUT2D eigenvalue weighted by molar-refractivity contribution is 0.437. The molecule has 0 unspecified atom stereocenters. The van der Waals surface area contributed by atoms with Crippen molar-refractivity contribution in [2.75, 3.05) is 26.4 Å². The van der Waals surface area contributed by atoms with Gasteiger partial charge in [-0.15, -0.1) is 23.1 Å². The lowest BCUT2D eigenvalue weighted by Gasteiger charge is -2.09. The van der Waals surface area contributed by atoms with Gasteiger partial charge in [-0.3, -0.25) is 0 Å². The fourth-order valence-electron chi connectivity index (χ4n) is 3.73. The van der Waals surface area contributed by atoms with E-state index in [4.69, 9.17) is 4.98 Å². The molecule has 3 aromatic rings. The summed E-state index contributed by atoms with van der Waals surface area (Å²) in [5, 5.41) is 2.43. The van der Waals surface area contributed by atoms with Gasteiger partial charge in [0.25, 0.3) is 0 Å². The van der Waals surface area contributed by atoms with Gasteiger partial charge in [-0.05, 0) is 57.3 Å². The van der Waals surface area contributed by atoms with Crippen LogP contribution in [0.5, 0.6) is 0 Å². The van der Waals surface area contributed by atoms with Gasteiger partial charge >= 0.3 is 0 Å². The highest BCUT2D eigenvalue weighted by Gasteiger charge is 2.24. The Kier molecular flexibility index (Phi) is 5.43. The highest BCUT2D eigenvalue weighted by atomic mass is 32.2. The van der Waals surface area contributed by atoms with Crippen molar-refractivity contribution >= 4 is 43.5 Å². The molecule has 0 spiro atoms. The quantitative estimate of drug-likeness (QED) is 0.434. The zero-order chi connectivity index (χ0) is 18.1. The van der Waals surface area contributed by atoms with Crippen LogP contribution in [0.2, 0.25) is 0 Å². The first-order chi connectivity index (χ1) is 12.7. The van der Waals surface area contributed by atoms with Crippen molar-refractivity contribution in [2.24, 2.45) is 0 Å². The molecular formula is C20H26N4S2. The predicted molar refractivity (Wildman–Crippen MR) is 113 cm³/mol. The number of nitrogens with zero attached hydrogens (tertiary/aromatic N) is 4. The molecule has 1 aliphatic carbocycles. The SMILES string of the molecule is CCCCc1nc2sc3c(SCCN(C)C)ncnc3c2c2c1CCC2. The number of aryl methyl sites for hydroxylation is 2. The molecule has 0 saturated carbocycles. The molecule has 138 valence electrons. The molecule has 0 saturated heterocycles. The van der Waals surface area contributed by atoms with Crippen LogP contribution in [-0.2, 0) is 19.3 Å². The summed E-state index contributed by atoms with van der Waals surface area (Å²) < 4.78 is 1.22. The Morgan fingerprint density at radius 3 is 2.85 bits per heavy atom. The summed E-state index contributed by atoms with van der Waals surface area (Å²) in [6, 6.07) is 0. The first-order valence-electron chi connectivity index (χ1n) is 9.54. The third-order valence-corrected chi connectivity index (χ3v) is 7.25. The highest BCUT2D eigenvalue weighted by Crippen LogP contribution is 2.42. The normalized spacial score (nSPS) is 14.0. The summed E-state index contributed by atoms with van der Waals surface area (Å²) in [7, 11) is 4.22. The van der Waals surface area contributed by atoms with Crippen molar-refractivity contribution < 1.29 is 0 Å². The second-order valence-corrected chi connectivity index (χ2v) is 9.35. The molecule has 3 aromatic heterocycles. The van der Waals surface area contributed by atoms with Crippen molar-refractivity contribution in [1.82, 2.24) is 19.9 Å². The molecule has 0 atom stereocenters. The smallest absolute Gasteiger partial charge is 0.126 e. The van der Waals surface area contributed by atoms with Crippen molar-refractivity contribution in [3.63, 3.8) is 0 Å². The van der Waals surface area contributed by atoms with Gasteiger partial charge in [-0.1, -0.05) is 13.3 Å². The third kappa shape index (κ3) is 3.35. The molecule has 0 N–H and O–H groups in total. The molecule has 4 rings (SSSR count). The molecule has 4 nitrogen and oxygen atoms in total. The van der Waals surface area contributed by atoms with Crippen LogP contribution in [0.4, 0.5) is 0 Å². The van der Waals surface area contributed by atoms with Crippen LogP contribution in [-0.4, -0.2) is 46.2 Å². The van der Waals surface area contributed by atoms with Crippen LogP contribution in [0, 0.1) is 0 Å². The van der Waals surface area contributed by atoms with Gasteiger partial charge in [-0.25, -0.2) is 15.0 Å². The van der Waals surface area contributed by atoms with E-state index in [9.17, 15) is 0 Å². The van der Waals surface area contributed by atoms with Crippen molar-refractivity contribution in [2.45, 2.75) is 50.5 Å². The molecule has 0 aliphatic heterocycles. The van der Waals surface area contributed by atoms with Crippen LogP contribution < -0.4 is 0 Å². The van der Waals surface area contributed by atoms with E-state index in [1.165, 1.54) is 63.8 Å². The number of pyridine rings is 1. The monoisotopic (exact) mass is 386 g/mol. The summed E-state index contributed by atoms with van der Waals surface area (Å²) >= 11 is 3.62. The molecule has 1 aliphatic rings. The molecule has 6 heteroatoms. The standard InChI is InChI=1S/C20H26N4S2/c1-4-5-9-15-13-7-6-8-14(13)16-17-18(26-19(16)23-15)20(22-12-21-17)25-11-10-24(2)3/h12H,4-11H2,1-3H3. The Morgan fingerprint density at radius 1 is 1.19 bits per heavy atom. The summed E-state index contributed by atoms with van der Waals surface area (Å²) in [5.41, 5.74) is 5.51. The maximum absolute atomic E-state index is 5.10. The van der Waals surface area contributed by atoms with Gasteiger partial charge in [-0.2, -0.15) is 0 Å². The molecule has 0 fully saturated rings. The maximum Gasteiger partial charge on any atom is 0.126 e. The van der Waals surface area contributed by atoms with Crippen LogP contribution in [0.1, 0.15) is 43.0 Å². The van der Waals surface area contributed by atoms with Gasteiger partial charge in [0.1, 0.15) is 16.2 Å². The minimum Gasteiger partial charge on any atom is -0.309 e. The average Bonchev–Trinajstić information content (AvgIpc) is 3.23. The second kappa shape index (κ2) is 7.79. The summed E-state index contributed by atoms with van der Waals surface area (Å²) in [4.78, 5) is 17.7. The predicted octanol–water partition coefficient (Wildman–Crippen LogP) is 4.72. The van der Waals surface area contributed by atoms with Gasteiger partial charge in [0.05, 0.1) is 10.2 Å². The number of hydrogen-bond donors (Lipinski definition) is 0. The number of unbranched alkanes of at least 4 members (excludes halogenated alkanes) is 1. The number of rotatable bonds is 7. The lowest BCUT2D eigenvalue weighted by atomic mass is 10.0. The van der Waals surface area contributed by atoms with E-state index in [0.717, 1.165) is 29.3 Å². The fraction of sp³-hybridized carbons (Fsp3) is 0.550. The summed E-state index contributed by atoms with van der Waals surface area (Å²) in [6.07, 6.45) is 8.90. The third-order valence-electron chi connectivity index (χ3n) is 5.07. The molecular weight excluding hydrogens is 360 g/mol. The van der Waals surface area contributed by atoms with E-state index in [-0.39, 0.29) is 0 Å². The van der Waals surface area contributed by atoms with Crippen LogP contribution in [0.3, 0.4) is 0 Å². The molecule has 0 bridgehead atoms.